The Labute approximate surface area is 113 Å². The van der Waals surface area contributed by atoms with E-state index in [1.165, 1.54) is 7.11 Å². The van der Waals surface area contributed by atoms with Gasteiger partial charge in [-0.25, -0.2) is 0 Å². The molecule has 1 atom stereocenters. The van der Waals surface area contributed by atoms with Gasteiger partial charge in [-0.3, -0.25) is 9.59 Å². The van der Waals surface area contributed by atoms with Crippen molar-refractivity contribution < 1.29 is 14.3 Å². The summed E-state index contributed by atoms with van der Waals surface area (Å²) >= 11 is 0. The molecule has 1 saturated carbocycles. The van der Waals surface area contributed by atoms with E-state index in [2.05, 4.69) is 0 Å². The number of rotatable bonds is 4. The molecular formula is C16H18O3. The summed E-state index contributed by atoms with van der Waals surface area (Å²) in [6.07, 6.45) is 6.11. The quantitative estimate of drug-likeness (QED) is 0.616. The van der Waals surface area contributed by atoms with Gasteiger partial charge in [0.05, 0.1) is 7.11 Å². The molecule has 0 radical (unpaired) electrons. The summed E-state index contributed by atoms with van der Waals surface area (Å²) in [7, 11) is 1.34. The van der Waals surface area contributed by atoms with Crippen molar-refractivity contribution in [1.82, 2.24) is 0 Å². The van der Waals surface area contributed by atoms with Crippen molar-refractivity contribution in [1.29, 1.82) is 0 Å². The number of carbonyl (C=O) groups is 2. The van der Waals surface area contributed by atoms with Gasteiger partial charge in [-0.05, 0) is 24.8 Å². The molecule has 0 aliphatic heterocycles. The molecule has 0 aromatic heterocycles. The molecule has 2 rings (SSSR count). The highest BCUT2D eigenvalue weighted by Gasteiger charge is 2.48. The van der Waals surface area contributed by atoms with Gasteiger partial charge in [-0.2, -0.15) is 0 Å². The monoisotopic (exact) mass is 258 g/mol. The number of methoxy groups -OCH3 is 1. The van der Waals surface area contributed by atoms with Crippen LogP contribution in [-0.4, -0.2) is 18.9 Å². The first kappa shape index (κ1) is 13.5. The Kier molecular flexibility index (Phi) is 4.15. The van der Waals surface area contributed by atoms with Crippen LogP contribution in [0.1, 0.15) is 31.2 Å². The van der Waals surface area contributed by atoms with Crippen molar-refractivity contribution in [2.75, 3.05) is 7.11 Å². The third-order valence-electron chi connectivity index (χ3n) is 3.69. The number of allylic oxidation sites excluding steroid dienone is 1. The number of hydrogen-bond donors (Lipinski definition) is 0. The lowest BCUT2D eigenvalue weighted by molar-refractivity contribution is -0.156. The van der Waals surface area contributed by atoms with Gasteiger partial charge in [0.15, 0.2) is 5.78 Å². The Morgan fingerprint density at radius 1 is 1.37 bits per heavy atom. The van der Waals surface area contributed by atoms with E-state index >= 15 is 0 Å². The zero-order valence-electron chi connectivity index (χ0n) is 11.1. The molecule has 1 aliphatic rings. The molecule has 1 aromatic carbocycles. The van der Waals surface area contributed by atoms with Crippen molar-refractivity contribution in [2.45, 2.75) is 25.7 Å². The second kappa shape index (κ2) is 5.83. The molecule has 0 unspecified atom stereocenters. The maximum absolute atomic E-state index is 12.0. The fraction of sp³-hybridized carbons (Fsp3) is 0.375. The van der Waals surface area contributed by atoms with Crippen molar-refractivity contribution in [3.05, 3.63) is 42.0 Å². The van der Waals surface area contributed by atoms with Gasteiger partial charge in [-0.15, -0.1) is 0 Å². The molecule has 1 aromatic rings. The maximum atomic E-state index is 12.0. The summed E-state index contributed by atoms with van der Waals surface area (Å²) in [4.78, 5) is 23.9. The topological polar surface area (TPSA) is 43.4 Å². The molecular weight excluding hydrogens is 240 g/mol. The molecule has 100 valence electrons. The summed E-state index contributed by atoms with van der Waals surface area (Å²) in [6, 6.07) is 9.83. The highest BCUT2D eigenvalue weighted by molar-refractivity contribution is 6.05. The molecule has 3 nitrogen and oxygen atoms in total. The molecule has 0 heterocycles. The van der Waals surface area contributed by atoms with Crippen LogP contribution in [0.5, 0.6) is 0 Å². The van der Waals surface area contributed by atoms with Crippen LogP contribution in [0, 0.1) is 5.41 Å². The van der Waals surface area contributed by atoms with E-state index in [1.54, 1.807) is 0 Å². The number of esters is 1. The Balaban J connectivity index is 2.12. The lowest BCUT2D eigenvalue weighted by atomic mass is 9.81. The Morgan fingerprint density at radius 3 is 2.68 bits per heavy atom. The molecule has 1 fully saturated rings. The van der Waals surface area contributed by atoms with E-state index < -0.39 is 11.4 Å². The Hall–Kier alpha value is -1.90. The van der Waals surface area contributed by atoms with E-state index in [4.69, 9.17) is 4.74 Å². The molecule has 1 aliphatic carbocycles. The van der Waals surface area contributed by atoms with Crippen molar-refractivity contribution in [2.24, 2.45) is 5.41 Å². The number of ketones is 1. The van der Waals surface area contributed by atoms with E-state index in [1.807, 2.05) is 42.5 Å². The van der Waals surface area contributed by atoms with E-state index in [0.717, 1.165) is 12.0 Å². The predicted octanol–water partition coefficient (Wildman–Crippen LogP) is 3.00. The minimum atomic E-state index is -0.944. The summed E-state index contributed by atoms with van der Waals surface area (Å²) < 4.78 is 4.82. The summed E-state index contributed by atoms with van der Waals surface area (Å²) in [5.41, 5.74) is 0.119. The number of carbonyl (C=O) groups excluding carboxylic acids is 2. The minimum Gasteiger partial charge on any atom is -0.468 e. The van der Waals surface area contributed by atoms with E-state index in [-0.39, 0.29) is 5.78 Å². The normalized spacial score (nSPS) is 22.9. The van der Waals surface area contributed by atoms with Gasteiger partial charge in [-0.1, -0.05) is 42.5 Å². The van der Waals surface area contributed by atoms with Gasteiger partial charge in [0.1, 0.15) is 5.41 Å². The summed E-state index contributed by atoms with van der Waals surface area (Å²) in [6.45, 7) is 0. The Morgan fingerprint density at radius 2 is 2.11 bits per heavy atom. The molecule has 3 heteroatoms. The highest BCUT2D eigenvalue weighted by atomic mass is 16.5. The van der Waals surface area contributed by atoms with Gasteiger partial charge >= 0.3 is 5.97 Å². The molecule has 0 saturated heterocycles. The van der Waals surface area contributed by atoms with Crippen molar-refractivity contribution in [3.8, 4) is 0 Å². The molecule has 0 bridgehead atoms. The van der Waals surface area contributed by atoms with Gasteiger partial charge < -0.3 is 4.74 Å². The standard InChI is InChI=1S/C16H18O3/c1-19-15(18)16(12-6-10-14(16)17)11-5-9-13-7-3-2-4-8-13/h2-5,7-9H,6,10-12H2,1H3/b9-5+/t16-/m1/s1. The fourth-order valence-electron chi connectivity index (χ4n) is 2.60. The van der Waals surface area contributed by atoms with Gasteiger partial charge in [0.25, 0.3) is 0 Å². The van der Waals surface area contributed by atoms with Crippen LogP contribution in [0.4, 0.5) is 0 Å². The minimum absolute atomic E-state index is 0.0112. The van der Waals surface area contributed by atoms with Crippen LogP contribution in [0.2, 0.25) is 0 Å². The van der Waals surface area contributed by atoms with Crippen LogP contribution < -0.4 is 0 Å². The Bertz CT molecular complexity index is 490. The smallest absolute Gasteiger partial charge is 0.319 e. The molecule has 0 amide bonds. The number of Topliss-reactive ketones (excluding diaryl/α,β-unsaturated/α-hetero) is 1. The SMILES string of the molecule is COC(=O)[C@]1(C/C=C/c2ccccc2)CCCC1=O. The second-order valence-electron chi connectivity index (χ2n) is 4.87. The van der Waals surface area contributed by atoms with Crippen LogP contribution in [0.25, 0.3) is 6.08 Å². The average Bonchev–Trinajstić information content (AvgIpc) is 2.81. The van der Waals surface area contributed by atoms with Crippen LogP contribution in [-0.2, 0) is 14.3 Å². The van der Waals surface area contributed by atoms with Crippen LogP contribution in [0.3, 0.4) is 0 Å². The first-order valence-electron chi connectivity index (χ1n) is 6.52. The van der Waals surface area contributed by atoms with Crippen LogP contribution >= 0.6 is 0 Å². The van der Waals surface area contributed by atoms with E-state index in [0.29, 0.717) is 19.3 Å². The maximum Gasteiger partial charge on any atom is 0.319 e. The number of ether oxygens (including phenoxy) is 1. The summed E-state index contributed by atoms with van der Waals surface area (Å²) in [5.74, 6) is -0.384. The fourth-order valence-corrected chi connectivity index (χ4v) is 2.60. The first-order valence-corrected chi connectivity index (χ1v) is 6.52. The zero-order valence-corrected chi connectivity index (χ0v) is 11.1. The summed E-state index contributed by atoms with van der Waals surface area (Å²) in [5, 5.41) is 0. The third-order valence-corrected chi connectivity index (χ3v) is 3.69. The third kappa shape index (κ3) is 2.75. The second-order valence-corrected chi connectivity index (χ2v) is 4.87. The average molecular weight is 258 g/mol. The van der Waals surface area contributed by atoms with Gasteiger partial charge in [0, 0.05) is 6.42 Å². The van der Waals surface area contributed by atoms with Crippen molar-refractivity contribution >= 4 is 17.8 Å². The molecule has 0 spiro atoms. The van der Waals surface area contributed by atoms with Crippen molar-refractivity contribution in [3.63, 3.8) is 0 Å². The largest absolute Gasteiger partial charge is 0.468 e. The lowest BCUT2D eigenvalue weighted by Gasteiger charge is -2.22. The van der Waals surface area contributed by atoms with Gasteiger partial charge in [0.2, 0.25) is 0 Å². The number of hydrogen-bond acceptors (Lipinski definition) is 3. The lowest BCUT2D eigenvalue weighted by Crippen LogP contribution is -2.35. The first-order chi connectivity index (χ1) is 9.19. The molecule has 19 heavy (non-hydrogen) atoms. The predicted molar refractivity (Wildman–Crippen MR) is 73.4 cm³/mol. The number of benzene rings is 1. The van der Waals surface area contributed by atoms with Crippen LogP contribution in [0.15, 0.2) is 36.4 Å². The zero-order chi connectivity index (χ0) is 13.7. The molecule has 0 N–H and O–H groups in total. The van der Waals surface area contributed by atoms with E-state index in [9.17, 15) is 9.59 Å². The highest BCUT2D eigenvalue weighted by Crippen LogP contribution is 2.39.